The molecule has 0 aromatic heterocycles. The Labute approximate surface area is 113 Å². The summed E-state index contributed by atoms with van der Waals surface area (Å²) in [5.74, 6) is 0.126. The van der Waals surface area contributed by atoms with Gasteiger partial charge in [-0.25, -0.2) is 4.79 Å². The summed E-state index contributed by atoms with van der Waals surface area (Å²) < 4.78 is 5.71. The summed E-state index contributed by atoms with van der Waals surface area (Å²) in [6.07, 6.45) is 4.91. The van der Waals surface area contributed by atoms with Crippen LogP contribution < -0.4 is 4.74 Å². The van der Waals surface area contributed by atoms with Crippen LogP contribution >= 0.6 is 0 Å². The summed E-state index contributed by atoms with van der Waals surface area (Å²) in [6, 6.07) is 6.61. The summed E-state index contributed by atoms with van der Waals surface area (Å²) >= 11 is 0. The third-order valence-electron chi connectivity index (χ3n) is 3.64. The SMILES string of the molecule is O=C(O)C(O)c1ccc(OCC2CCCCC2)cc1. The fourth-order valence-electron chi connectivity index (χ4n) is 2.46. The van der Waals surface area contributed by atoms with Crippen LogP contribution in [0.1, 0.15) is 43.8 Å². The molecule has 0 amide bonds. The van der Waals surface area contributed by atoms with Crippen molar-refractivity contribution >= 4 is 5.97 Å². The molecule has 0 radical (unpaired) electrons. The van der Waals surface area contributed by atoms with Gasteiger partial charge in [0.05, 0.1) is 6.61 Å². The predicted molar refractivity (Wildman–Crippen MR) is 71.1 cm³/mol. The Morgan fingerprint density at radius 2 is 1.84 bits per heavy atom. The van der Waals surface area contributed by atoms with E-state index in [9.17, 15) is 9.90 Å². The van der Waals surface area contributed by atoms with Crippen LogP contribution in [0.2, 0.25) is 0 Å². The van der Waals surface area contributed by atoms with E-state index in [0.717, 1.165) is 12.4 Å². The Morgan fingerprint density at radius 1 is 1.21 bits per heavy atom. The van der Waals surface area contributed by atoms with E-state index in [4.69, 9.17) is 9.84 Å². The number of aliphatic carboxylic acids is 1. The quantitative estimate of drug-likeness (QED) is 0.858. The zero-order valence-corrected chi connectivity index (χ0v) is 10.9. The number of carboxylic acid groups (broad SMARTS) is 1. The number of hydrogen-bond donors (Lipinski definition) is 2. The zero-order chi connectivity index (χ0) is 13.7. The molecule has 1 saturated carbocycles. The molecule has 1 fully saturated rings. The van der Waals surface area contributed by atoms with E-state index in [1.807, 2.05) is 0 Å². The molecule has 1 aliphatic rings. The molecule has 1 atom stereocenters. The van der Waals surface area contributed by atoms with E-state index in [2.05, 4.69) is 0 Å². The van der Waals surface area contributed by atoms with Gasteiger partial charge in [-0.2, -0.15) is 0 Å². The maximum absolute atomic E-state index is 10.6. The van der Waals surface area contributed by atoms with Crippen LogP contribution in [0.5, 0.6) is 5.75 Å². The van der Waals surface area contributed by atoms with Crippen molar-refractivity contribution < 1.29 is 19.7 Å². The molecule has 2 N–H and O–H groups in total. The smallest absolute Gasteiger partial charge is 0.337 e. The average Bonchev–Trinajstić information content (AvgIpc) is 2.46. The van der Waals surface area contributed by atoms with Gasteiger partial charge in [0.15, 0.2) is 6.10 Å². The molecule has 0 bridgehead atoms. The number of benzene rings is 1. The number of ether oxygens (including phenoxy) is 1. The van der Waals surface area contributed by atoms with Crippen LogP contribution in [0.3, 0.4) is 0 Å². The highest BCUT2D eigenvalue weighted by Gasteiger charge is 2.16. The lowest BCUT2D eigenvalue weighted by Crippen LogP contribution is -2.15. The number of rotatable bonds is 5. The van der Waals surface area contributed by atoms with Gasteiger partial charge in [0.25, 0.3) is 0 Å². The van der Waals surface area contributed by atoms with Crippen LogP contribution in [0.15, 0.2) is 24.3 Å². The van der Waals surface area contributed by atoms with Crippen LogP contribution in [0, 0.1) is 5.92 Å². The van der Waals surface area contributed by atoms with Crippen LogP contribution in [-0.4, -0.2) is 22.8 Å². The second-order valence-corrected chi connectivity index (χ2v) is 5.12. The molecule has 1 unspecified atom stereocenters. The average molecular weight is 264 g/mol. The lowest BCUT2D eigenvalue weighted by molar-refractivity contribution is -0.146. The molecular weight excluding hydrogens is 244 g/mol. The van der Waals surface area contributed by atoms with Gasteiger partial charge in [-0.05, 0) is 36.5 Å². The first-order valence-electron chi connectivity index (χ1n) is 6.80. The number of carbonyl (C=O) groups is 1. The lowest BCUT2D eigenvalue weighted by Gasteiger charge is -2.21. The van der Waals surface area contributed by atoms with Gasteiger partial charge in [0, 0.05) is 0 Å². The number of aliphatic hydroxyl groups is 1. The summed E-state index contributed by atoms with van der Waals surface area (Å²) in [6.45, 7) is 0.723. The van der Waals surface area contributed by atoms with Gasteiger partial charge in [0.2, 0.25) is 0 Å². The van der Waals surface area contributed by atoms with Gasteiger partial charge >= 0.3 is 5.97 Å². The molecule has 4 heteroatoms. The van der Waals surface area contributed by atoms with Crippen LogP contribution in [0.25, 0.3) is 0 Å². The standard InChI is InChI=1S/C15H20O4/c16-14(15(17)18)12-6-8-13(9-7-12)19-10-11-4-2-1-3-5-11/h6-9,11,14,16H,1-5,10H2,(H,17,18). The van der Waals surface area contributed by atoms with Gasteiger partial charge in [-0.1, -0.05) is 31.4 Å². The number of hydrogen-bond acceptors (Lipinski definition) is 3. The van der Waals surface area contributed by atoms with Gasteiger partial charge < -0.3 is 14.9 Å². The Bertz CT molecular complexity index is 407. The minimum Gasteiger partial charge on any atom is -0.493 e. The van der Waals surface area contributed by atoms with Crippen molar-refractivity contribution in [3.05, 3.63) is 29.8 Å². The van der Waals surface area contributed by atoms with Crippen molar-refractivity contribution in [3.8, 4) is 5.75 Å². The van der Waals surface area contributed by atoms with E-state index in [1.54, 1.807) is 24.3 Å². The second-order valence-electron chi connectivity index (χ2n) is 5.12. The normalized spacial score (nSPS) is 17.9. The van der Waals surface area contributed by atoms with Gasteiger partial charge in [-0.15, -0.1) is 0 Å². The molecule has 0 heterocycles. The monoisotopic (exact) mass is 264 g/mol. The summed E-state index contributed by atoms with van der Waals surface area (Å²) in [4.78, 5) is 10.6. The van der Waals surface area contributed by atoms with Gasteiger partial charge in [-0.3, -0.25) is 0 Å². The lowest BCUT2D eigenvalue weighted by atomic mass is 9.90. The Balaban J connectivity index is 1.86. The molecule has 2 rings (SSSR count). The molecule has 1 aromatic rings. The number of aliphatic hydroxyl groups excluding tert-OH is 1. The van der Waals surface area contributed by atoms with E-state index in [1.165, 1.54) is 32.1 Å². The fourth-order valence-corrected chi connectivity index (χ4v) is 2.46. The van der Waals surface area contributed by atoms with Gasteiger partial charge in [0.1, 0.15) is 5.75 Å². The Kier molecular flexibility index (Phi) is 4.80. The third-order valence-corrected chi connectivity index (χ3v) is 3.64. The minimum absolute atomic E-state index is 0.373. The molecule has 4 nitrogen and oxygen atoms in total. The summed E-state index contributed by atoms with van der Waals surface area (Å²) in [5, 5.41) is 18.1. The first kappa shape index (κ1) is 13.9. The highest BCUT2D eigenvalue weighted by molar-refractivity contribution is 5.74. The van der Waals surface area contributed by atoms with E-state index >= 15 is 0 Å². The zero-order valence-electron chi connectivity index (χ0n) is 10.9. The van der Waals surface area contributed by atoms with Crippen LogP contribution in [-0.2, 0) is 4.79 Å². The first-order chi connectivity index (χ1) is 9.16. The Morgan fingerprint density at radius 3 is 2.42 bits per heavy atom. The topological polar surface area (TPSA) is 66.8 Å². The molecule has 0 spiro atoms. The van der Waals surface area contributed by atoms with E-state index in [0.29, 0.717) is 11.5 Å². The van der Waals surface area contributed by atoms with Crippen molar-refractivity contribution in [2.75, 3.05) is 6.61 Å². The van der Waals surface area contributed by atoms with Crippen molar-refractivity contribution in [2.24, 2.45) is 5.92 Å². The highest BCUT2D eigenvalue weighted by atomic mass is 16.5. The molecule has 1 aromatic carbocycles. The van der Waals surface area contributed by atoms with Crippen molar-refractivity contribution in [3.63, 3.8) is 0 Å². The fraction of sp³-hybridized carbons (Fsp3) is 0.533. The second kappa shape index (κ2) is 6.57. The third kappa shape index (κ3) is 3.96. The molecular formula is C15H20O4. The minimum atomic E-state index is -1.47. The first-order valence-corrected chi connectivity index (χ1v) is 6.80. The Hall–Kier alpha value is -1.55. The van der Waals surface area contributed by atoms with Crippen molar-refractivity contribution in [1.29, 1.82) is 0 Å². The summed E-state index contributed by atoms with van der Waals surface area (Å²) in [7, 11) is 0. The van der Waals surface area contributed by atoms with E-state index < -0.39 is 12.1 Å². The predicted octanol–water partition coefficient (Wildman–Crippen LogP) is 2.76. The molecule has 0 aliphatic heterocycles. The van der Waals surface area contributed by atoms with Crippen molar-refractivity contribution in [1.82, 2.24) is 0 Å². The molecule has 0 saturated heterocycles. The molecule has 104 valence electrons. The summed E-state index contributed by atoms with van der Waals surface area (Å²) in [5.41, 5.74) is 0.373. The maximum atomic E-state index is 10.6. The highest BCUT2D eigenvalue weighted by Crippen LogP contribution is 2.25. The molecule has 1 aliphatic carbocycles. The van der Waals surface area contributed by atoms with E-state index in [-0.39, 0.29) is 0 Å². The van der Waals surface area contributed by atoms with Crippen molar-refractivity contribution in [2.45, 2.75) is 38.2 Å². The largest absolute Gasteiger partial charge is 0.493 e. The number of carboxylic acids is 1. The molecule has 19 heavy (non-hydrogen) atoms. The maximum Gasteiger partial charge on any atom is 0.337 e. The van der Waals surface area contributed by atoms with Crippen LogP contribution in [0.4, 0.5) is 0 Å².